The summed E-state index contributed by atoms with van der Waals surface area (Å²) in [5.41, 5.74) is 2.92. The molecule has 0 aliphatic carbocycles. The van der Waals surface area contributed by atoms with Crippen molar-refractivity contribution in [2.75, 3.05) is 17.2 Å². The number of rotatable bonds is 5. The second-order valence-corrected chi connectivity index (χ2v) is 6.97. The van der Waals surface area contributed by atoms with Crippen molar-refractivity contribution >= 4 is 28.9 Å². The molecule has 122 valence electrons. The van der Waals surface area contributed by atoms with Gasteiger partial charge in [0, 0.05) is 29.4 Å². The molecule has 0 unspecified atom stereocenters. The molecule has 2 aromatic rings. The minimum absolute atomic E-state index is 0.00349. The van der Waals surface area contributed by atoms with Gasteiger partial charge in [0.15, 0.2) is 0 Å². The minimum Gasteiger partial charge on any atom is -0.384 e. The van der Waals surface area contributed by atoms with E-state index in [4.69, 9.17) is 11.6 Å². The highest BCUT2D eigenvalue weighted by molar-refractivity contribution is 6.30. The van der Waals surface area contributed by atoms with Crippen LogP contribution in [0, 0.1) is 0 Å². The molecule has 2 N–H and O–H groups in total. The molecular formula is C19H23ClN2O. The number of carbonyl (C=O) groups is 1. The molecule has 0 fully saturated rings. The number of amides is 1. The van der Waals surface area contributed by atoms with Crippen LogP contribution in [0.5, 0.6) is 0 Å². The molecule has 0 aliphatic heterocycles. The fourth-order valence-electron chi connectivity index (χ4n) is 2.38. The highest BCUT2D eigenvalue weighted by atomic mass is 35.5. The summed E-state index contributed by atoms with van der Waals surface area (Å²) in [6.45, 7) is 6.97. The third-order valence-electron chi connectivity index (χ3n) is 3.51. The lowest BCUT2D eigenvalue weighted by Crippen LogP contribution is -2.20. The van der Waals surface area contributed by atoms with Crippen LogP contribution in [0.1, 0.15) is 32.8 Å². The van der Waals surface area contributed by atoms with Crippen molar-refractivity contribution in [1.29, 1.82) is 0 Å². The van der Waals surface area contributed by atoms with Gasteiger partial charge in [0.05, 0.1) is 0 Å². The summed E-state index contributed by atoms with van der Waals surface area (Å²) in [6, 6.07) is 15.4. The average Bonchev–Trinajstić information content (AvgIpc) is 2.47. The largest absolute Gasteiger partial charge is 0.384 e. The summed E-state index contributed by atoms with van der Waals surface area (Å²) in [7, 11) is 0. The molecule has 23 heavy (non-hydrogen) atoms. The Morgan fingerprint density at radius 2 is 1.83 bits per heavy atom. The fraction of sp³-hybridized carbons (Fsp3) is 0.316. The summed E-state index contributed by atoms with van der Waals surface area (Å²) in [5.74, 6) is -0.00349. The molecule has 0 aliphatic rings. The lowest BCUT2D eigenvalue weighted by Gasteiger charge is -2.23. The van der Waals surface area contributed by atoms with Crippen LogP contribution in [0.15, 0.2) is 48.5 Å². The van der Waals surface area contributed by atoms with E-state index in [1.165, 1.54) is 0 Å². The van der Waals surface area contributed by atoms with Gasteiger partial charge in [0.25, 0.3) is 0 Å². The van der Waals surface area contributed by atoms with E-state index in [9.17, 15) is 4.79 Å². The SMILES string of the molecule is CC(C)(C)c1ccccc1NC(=O)CCNc1cccc(Cl)c1. The number of halogens is 1. The molecule has 0 heterocycles. The van der Waals surface area contributed by atoms with Gasteiger partial charge in [0.2, 0.25) is 5.91 Å². The van der Waals surface area contributed by atoms with Gasteiger partial charge >= 0.3 is 0 Å². The number of anilines is 2. The summed E-state index contributed by atoms with van der Waals surface area (Å²) >= 11 is 5.93. The Kier molecular flexibility index (Phi) is 5.67. The first-order valence-electron chi connectivity index (χ1n) is 7.75. The standard InChI is InChI=1S/C19H23ClN2O/c1-19(2,3)16-9-4-5-10-17(16)22-18(23)11-12-21-15-8-6-7-14(20)13-15/h4-10,13,21H,11-12H2,1-3H3,(H,22,23). The van der Waals surface area contributed by atoms with Gasteiger partial charge in [-0.1, -0.05) is 56.6 Å². The van der Waals surface area contributed by atoms with Crippen molar-refractivity contribution in [1.82, 2.24) is 0 Å². The number of nitrogens with one attached hydrogen (secondary N) is 2. The molecule has 2 aromatic carbocycles. The van der Waals surface area contributed by atoms with E-state index in [1.54, 1.807) is 0 Å². The number of para-hydroxylation sites is 1. The second-order valence-electron chi connectivity index (χ2n) is 6.53. The first kappa shape index (κ1) is 17.4. The zero-order valence-corrected chi connectivity index (χ0v) is 14.6. The van der Waals surface area contributed by atoms with Crippen molar-refractivity contribution in [2.45, 2.75) is 32.6 Å². The van der Waals surface area contributed by atoms with Crippen molar-refractivity contribution in [3.63, 3.8) is 0 Å². The van der Waals surface area contributed by atoms with Gasteiger partial charge in [-0.05, 0) is 35.2 Å². The lowest BCUT2D eigenvalue weighted by molar-refractivity contribution is -0.115. The molecule has 0 aromatic heterocycles. The highest BCUT2D eigenvalue weighted by Gasteiger charge is 2.18. The van der Waals surface area contributed by atoms with Crippen LogP contribution in [0.2, 0.25) is 5.02 Å². The quantitative estimate of drug-likeness (QED) is 0.802. The predicted molar refractivity (Wildman–Crippen MR) is 98.3 cm³/mol. The molecule has 1 amide bonds. The van der Waals surface area contributed by atoms with Crippen molar-refractivity contribution in [2.24, 2.45) is 0 Å². The van der Waals surface area contributed by atoms with E-state index in [0.29, 0.717) is 18.0 Å². The number of hydrogen-bond donors (Lipinski definition) is 2. The first-order chi connectivity index (χ1) is 10.9. The summed E-state index contributed by atoms with van der Waals surface area (Å²) in [6.07, 6.45) is 0.394. The average molecular weight is 331 g/mol. The molecule has 0 saturated carbocycles. The zero-order chi connectivity index (χ0) is 16.9. The van der Waals surface area contributed by atoms with Crippen LogP contribution < -0.4 is 10.6 Å². The fourth-order valence-corrected chi connectivity index (χ4v) is 2.57. The molecule has 4 heteroatoms. The summed E-state index contributed by atoms with van der Waals surface area (Å²) in [5, 5.41) is 6.89. The van der Waals surface area contributed by atoms with Gasteiger partial charge < -0.3 is 10.6 Å². The second kappa shape index (κ2) is 7.51. The molecule has 0 radical (unpaired) electrons. The van der Waals surface area contributed by atoms with Gasteiger partial charge in [-0.25, -0.2) is 0 Å². The van der Waals surface area contributed by atoms with E-state index in [1.807, 2.05) is 42.5 Å². The lowest BCUT2D eigenvalue weighted by atomic mass is 9.86. The topological polar surface area (TPSA) is 41.1 Å². The minimum atomic E-state index is -0.0110. The van der Waals surface area contributed by atoms with Crippen molar-refractivity contribution < 1.29 is 4.79 Å². The molecule has 2 rings (SSSR count). The van der Waals surface area contributed by atoms with Crippen LogP contribution in [0.4, 0.5) is 11.4 Å². The van der Waals surface area contributed by atoms with Gasteiger partial charge in [-0.15, -0.1) is 0 Å². The Morgan fingerprint density at radius 1 is 1.09 bits per heavy atom. The summed E-state index contributed by atoms with van der Waals surface area (Å²) in [4.78, 5) is 12.2. The van der Waals surface area contributed by atoms with E-state index in [-0.39, 0.29) is 11.3 Å². The third-order valence-corrected chi connectivity index (χ3v) is 3.75. The zero-order valence-electron chi connectivity index (χ0n) is 13.8. The van der Waals surface area contributed by atoms with E-state index < -0.39 is 0 Å². The Labute approximate surface area is 143 Å². The third kappa shape index (κ3) is 5.29. The van der Waals surface area contributed by atoms with Gasteiger partial charge in [-0.3, -0.25) is 4.79 Å². The van der Waals surface area contributed by atoms with Crippen molar-refractivity contribution in [3.8, 4) is 0 Å². The van der Waals surface area contributed by atoms with Crippen LogP contribution in [0.25, 0.3) is 0 Å². The molecule has 0 spiro atoms. The Balaban J connectivity index is 1.91. The predicted octanol–water partition coefficient (Wildman–Crippen LogP) is 5.08. The molecule has 0 bridgehead atoms. The maximum Gasteiger partial charge on any atom is 0.226 e. The first-order valence-corrected chi connectivity index (χ1v) is 8.13. The normalized spacial score (nSPS) is 11.1. The number of hydrogen-bond acceptors (Lipinski definition) is 2. The maximum atomic E-state index is 12.2. The molecular weight excluding hydrogens is 308 g/mol. The van der Waals surface area contributed by atoms with Crippen molar-refractivity contribution in [3.05, 3.63) is 59.1 Å². The van der Waals surface area contributed by atoms with E-state index in [0.717, 1.165) is 16.9 Å². The monoisotopic (exact) mass is 330 g/mol. The van der Waals surface area contributed by atoms with Gasteiger partial charge in [0.1, 0.15) is 0 Å². The number of carbonyl (C=O) groups excluding carboxylic acids is 1. The molecule has 0 saturated heterocycles. The Hall–Kier alpha value is -2.00. The van der Waals surface area contributed by atoms with Crippen LogP contribution >= 0.6 is 11.6 Å². The maximum absolute atomic E-state index is 12.2. The summed E-state index contributed by atoms with van der Waals surface area (Å²) < 4.78 is 0. The molecule has 0 atom stereocenters. The van der Waals surface area contributed by atoms with E-state index in [2.05, 4.69) is 37.5 Å². The molecule has 3 nitrogen and oxygen atoms in total. The smallest absolute Gasteiger partial charge is 0.226 e. The van der Waals surface area contributed by atoms with Gasteiger partial charge in [-0.2, -0.15) is 0 Å². The number of benzene rings is 2. The van der Waals surface area contributed by atoms with Crippen LogP contribution in [-0.4, -0.2) is 12.5 Å². The van der Waals surface area contributed by atoms with E-state index >= 15 is 0 Å². The van der Waals surface area contributed by atoms with Crippen LogP contribution in [0.3, 0.4) is 0 Å². The Bertz CT molecular complexity index is 677. The van der Waals surface area contributed by atoms with Crippen LogP contribution in [-0.2, 0) is 10.2 Å². The Morgan fingerprint density at radius 3 is 2.52 bits per heavy atom. The highest BCUT2D eigenvalue weighted by Crippen LogP contribution is 2.29.